The number of rotatable bonds is 2. The van der Waals surface area contributed by atoms with Crippen LogP contribution in [-0.2, 0) is 27.9 Å². The van der Waals surface area contributed by atoms with E-state index in [0.717, 1.165) is 32.0 Å². The van der Waals surface area contributed by atoms with Crippen molar-refractivity contribution in [1.29, 1.82) is 0 Å². The standard InChI is InChI=1S/C13H17BN2O2.C12H24B2O4.C7H5BrN2/c1-12(2)13(3,4)18-14(17-12)9-6-5-7-10-11(9)16-8-15-10;1-9(2)10(3,4)16-13(15-9)14-17-11(5,6)12(7,8)18-14;8-5-2-1-3-6-7(5)10-4-9-6/h5-8H,1-4H3,(H,15,16);1-8H3;1-4H,(H,9,10). The molecule has 2 aromatic carbocycles. The summed E-state index contributed by atoms with van der Waals surface area (Å²) in [6, 6.07) is 11.9. The van der Waals surface area contributed by atoms with E-state index in [2.05, 4.69) is 63.6 Å². The van der Waals surface area contributed by atoms with Crippen LogP contribution < -0.4 is 5.46 Å². The first-order chi connectivity index (χ1) is 21.2. The fraction of sp³-hybridized carbons (Fsp3) is 0.562. The molecule has 4 aromatic rings. The summed E-state index contributed by atoms with van der Waals surface area (Å²) in [6.45, 7) is 24.4. The van der Waals surface area contributed by atoms with Crippen LogP contribution in [0.3, 0.4) is 0 Å². The van der Waals surface area contributed by atoms with Gasteiger partial charge in [-0.25, -0.2) is 9.97 Å². The molecule has 3 saturated heterocycles. The molecule has 0 aliphatic carbocycles. The fourth-order valence-electron chi connectivity index (χ4n) is 5.08. The lowest BCUT2D eigenvalue weighted by Crippen LogP contribution is -2.41. The van der Waals surface area contributed by atoms with Crippen LogP contribution in [0.4, 0.5) is 0 Å². The van der Waals surface area contributed by atoms with Crippen molar-refractivity contribution in [2.24, 2.45) is 0 Å². The highest BCUT2D eigenvalue weighted by atomic mass is 79.9. The van der Waals surface area contributed by atoms with Gasteiger partial charge in [0, 0.05) is 9.94 Å². The van der Waals surface area contributed by atoms with E-state index in [4.69, 9.17) is 27.9 Å². The molecule has 3 fully saturated rings. The SMILES string of the molecule is Brc1cccc2[nH]cnc12.CC1(C)OB(B2OC(C)(C)C(C)(C)O2)OC1(C)C.CC1(C)OB(c2cccc3[nH]cnc23)OC1(C)C. The van der Waals surface area contributed by atoms with Crippen molar-refractivity contribution >= 4 is 64.6 Å². The largest absolute Gasteiger partial charge is 0.497 e. The molecule has 3 aliphatic heterocycles. The van der Waals surface area contributed by atoms with E-state index >= 15 is 0 Å². The Morgan fingerprint density at radius 2 is 0.891 bits per heavy atom. The van der Waals surface area contributed by atoms with Crippen LogP contribution in [0.2, 0.25) is 0 Å². The van der Waals surface area contributed by atoms with Gasteiger partial charge in [0.1, 0.15) is 5.52 Å². The quantitative estimate of drug-likeness (QED) is 0.231. The Labute approximate surface area is 281 Å². The van der Waals surface area contributed by atoms with Crippen molar-refractivity contribution in [2.45, 2.75) is 117 Å². The Balaban J connectivity index is 0.000000142. The van der Waals surface area contributed by atoms with Gasteiger partial charge in [-0.15, -0.1) is 0 Å². The molecule has 14 heteroatoms. The molecule has 2 N–H and O–H groups in total. The predicted octanol–water partition coefficient (Wildman–Crippen LogP) is 6.44. The van der Waals surface area contributed by atoms with Crippen LogP contribution in [-0.4, -0.2) is 74.7 Å². The van der Waals surface area contributed by atoms with Gasteiger partial charge in [-0.1, -0.05) is 18.2 Å². The first-order valence-electron chi connectivity index (χ1n) is 15.7. The smallest absolute Gasteiger partial charge is 0.405 e. The Kier molecular flexibility index (Phi) is 9.20. The van der Waals surface area contributed by atoms with Gasteiger partial charge in [0.05, 0.1) is 62.8 Å². The van der Waals surface area contributed by atoms with E-state index in [1.807, 2.05) is 91.8 Å². The van der Waals surface area contributed by atoms with E-state index in [0.29, 0.717) is 0 Å². The zero-order valence-electron chi connectivity index (χ0n) is 29.1. The molecule has 5 heterocycles. The van der Waals surface area contributed by atoms with E-state index in [-0.39, 0.29) is 40.7 Å². The Morgan fingerprint density at radius 1 is 0.522 bits per heavy atom. The minimum absolute atomic E-state index is 0.323. The molecule has 0 unspecified atom stereocenters. The summed E-state index contributed by atoms with van der Waals surface area (Å²) in [7, 11) is -1.31. The Morgan fingerprint density at radius 3 is 1.33 bits per heavy atom. The van der Waals surface area contributed by atoms with E-state index < -0.39 is 14.0 Å². The second-order valence-corrected chi connectivity index (χ2v) is 15.9. The number of hydrogen-bond donors (Lipinski definition) is 2. The number of benzene rings is 2. The molecule has 10 nitrogen and oxygen atoms in total. The summed E-state index contributed by atoms with van der Waals surface area (Å²) in [4.78, 5) is 14.6. The lowest BCUT2D eigenvalue weighted by atomic mass is 9.49. The predicted molar refractivity (Wildman–Crippen MR) is 188 cm³/mol. The third-order valence-electron chi connectivity index (χ3n) is 10.2. The highest BCUT2D eigenvalue weighted by molar-refractivity contribution is 9.10. The lowest BCUT2D eigenvalue weighted by Gasteiger charge is -2.32. The van der Waals surface area contributed by atoms with Crippen LogP contribution in [0.5, 0.6) is 0 Å². The second kappa shape index (κ2) is 12.1. The Hall–Kier alpha value is -2.19. The van der Waals surface area contributed by atoms with Gasteiger partial charge in [-0.05, 0) is 117 Å². The Bertz CT molecular complexity index is 1610. The molecule has 3 aliphatic rings. The molecule has 0 radical (unpaired) electrons. The maximum Gasteiger partial charge on any atom is 0.497 e. The van der Waals surface area contributed by atoms with Crippen LogP contribution in [0, 0.1) is 0 Å². The number of aromatic amines is 2. The lowest BCUT2D eigenvalue weighted by molar-refractivity contribution is 0.00578. The average molecular weight is 695 g/mol. The van der Waals surface area contributed by atoms with Crippen molar-refractivity contribution in [1.82, 2.24) is 19.9 Å². The van der Waals surface area contributed by atoms with E-state index in [1.54, 1.807) is 12.7 Å². The van der Waals surface area contributed by atoms with Gasteiger partial charge in [-0.2, -0.15) is 0 Å². The highest BCUT2D eigenvalue weighted by Crippen LogP contribution is 2.43. The molecular weight excluding hydrogens is 649 g/mol. The van der Waals surface area contributed by atoms with Crippen LogP contribution in [0.15, 0.2) is 53.5 Å². The van der Waals surface area contributed by atoms with Crippen molar-refractivity contribution in [3.8, 4) is 0 Å². The fourth-order valence-corrected chi connectivity index (χ4v) is 5.55. The van der Waals surface area contributed by atoms with Crippen LogP contribution >= 0.6 is 15.9 Å². The minimum Gasteiger partial charge on any atom is -0.405 e. The van der Waals surface area contributed by atoms with Crippen molar-refractivity contribution in [3.05, 3.63) is 53.5 Å². The van der Waals surface area contributed by atoms with Gasteiger partial charge in [-0.3, -0.25) is 0 Å². The molecule has 2 aromatic heterocycles. The molecule has 246 valence electrons. The molecular formula is C32H46B3BrN4O6. The van der Waals surface area contributed by atoms with Crippen LogP contribution in [0.25, 0.3) is 22.1 Å². The average Bonchev–Trinajstić information content (AvgIpc) is 3.72. The summed E-state index contributed by atoms with van der Waals surface area (Å²) in [5.74, 6) is 0. The van der Waals surface area contributed by atoms with Gasteiger partial charge in [0.15, 0.2) is 0 Å². The molecule has 46 heavy (non-hydrogen) atoms. The summed E-state index contributed by atoms with van der Waals surface area (Å²) < 4.78 is 37.0. The molecule has 0 spiro atoms. The summed E-state index contributed by atoms with van der Waals surface area (Å²) >= 11 is 3.39. The number of hydrogen-bond acceptors (Lipinski definition) is 8. The zero-order valence-corrected chi connectivity index (χ0v) is 30.7. The third kappa shape index (κ3) is 6.59. The number of fused-ring (bicyclic) bond motifs is 2. The third-order valence-corrected chi connectivity index (χ3v) is 10.8. The highest BCUT2D eigenvalue weighted by Gasteiger charge is 2.63. The summed E-state index contributed by atoms with van der Waals surface area (Å²) in [5.41, 5.74) is 2.86. The molecule has 7 rings (SSSR count). The van der Waals surface area contributed by atoms with Gasteiger partial charge in [0.2, 0.25) is 0 Å². The van der Waals surface area contributed by atoms with Crippen LogP contribution in [0.1, 0.15) is 83.1 Å². The monoisotopic (exact) mass is 694 g/mol. The number of halogens is 1. The maximum absolute atomic E-state index is 6.05. The number of para-hydroxylation sites is 2. The van der Waals surface area contributed by atoms with Gasteiger partial charge in [0.25, 0.3) is 0 Å². The topological polar surface area (TPSA) is 113 Å². The maximum atomic E-state index is 6.05. The van der Waals surface area contributed by atoms with Gasteiger partial charge < -0.3 is 37.9 Å². The number of H-pyrrole nitrogens is 2. The van der Waals surface area contributed by atoms with E-state index in [9.17, 15) is 0 Å². The van der Waals surface area contributed by atoms with Crippen molar-refractivity contribution in [2.75, 3.05) is 0 Å². The second-order valence-electron chi connectivity index (χ2n) is 15.0. The first kappa shape index (κ1) is 35.1. The molecule has 0 atom stereocenters. The van der Waals surface area contributed by atoms with Crippen molar-refractivity contribution < 1.29 is 27.9 Å². The number of imidazole rings is 2. The molecule has 0 saturated carbocycles. The number of nitrogens with zero attached hydrogens (tertiary/aromatic N) is 2. The first-order valence-corrected chi connectivity index (χ1v) is 16.5. The normalized spacial score (nSPS) is 23.3. The molecule has 0 bridgehead atoms. The van der Waals surface area contributed by atoms with Gasteiger partial charge >= 0.3 is 21.1 Å². The summed E-state index contributed by atoms with van der Waals surface area (Å²) in [6.07, 6.45) is 3.38. The number of nitrogens with one attached hydrogen (secondary N) is 2. The molecule has 0 amide bonds. The van der Waals surface area contributed by atoms with Crippen molar-refractivity contribution in [3.63, 3.8) is 0 Å². The minimum atomic E-state index is -0.476. The van der Waals surface area contributed by atoms with E-state index in [1.165, 1.54) is 0 Å². The summed E-state index contributed by atoms with van der Waals surface area (Å²) in [5, 5.41) is 0. The number of aromatic nitrogens is 4. The zero-order chi connectivity index (χ0) is 33.9.